The number of nitrogens with zero attached hydrogens (tertiary/aromatic N) is 5. The van der Waals surface area contributed by atoms with Crippen molar-refractivity contribution in [3.05, 3.63) is 76.9 Å². The van der Waals surface area contributed by atoms with E-state index in [2.05, 4.69) is 15.3 Å². The fourth-order valence-electron chi connectivity index (χ4n) is 3.31. The van der Waals surface area contributed by atoms with E-state index in [4.69, 9.17) is 11.6 Å². The molecule has 3 aromatic rings. The van der Waals surface area contributed by atoms with E-state index in [1.54, 1.807) is 19.2 Å². The summed E-state index contributed by atoms with van der Waals surface area (Å²) >= 11 is 6.03. The number of hydrazone groups is 1. The van der Waals surface area contributed by atoms with Crippen LogP contribution < -0.4 is 0 Å². The lowest BCUT2D eigenvalue weighted by Gasteiger charge is -2.27. The summed E-state index contributed by atoms with van der Waals surface area (Å²) in [7, 11) is -2.35. The number of hydrogen-bond donors (Lipinski definition) is 0. The van der Waals surface area contributed by atoms with Gasteiger partial charge in [0.15, 0.2) is 0 Å². The van der Waals surface area contributed by atoms with Crippen LogP contribution in [0, 0.1) is 0 Å². The minimum atomic E-state index is -3.92. The van der Waals surface area contributed by atoms with Crippen molar-refractivity contribution in [3.63, 3.8) is 0 Å². The zero-order valence-corrected chi connectivity index (χ0v) is 16.9. The number of aromatic nitrogens is 3. The lowest BCUT2D eigenvalue weighted by Crippen LogP contribution is -2.37. The normalized spacial score (nSPS) is 19.7. The third-order valence-electron chi connectivity index (χ3n) is 4.83. The minimum absolute atomic E-state index is 0.133. The Hall–Kier alpha value is -2.71. The van der Waals surface area contributed by atoms with Crippen molar-refractivity contribution in [2.75, 3.05) is 6.54 Å². The van der Waals surface area contributed by atoms with Gasteiger partial charge in [-0.15, -0.1) is 5.10 Å². The van der Waals surface area contributed by atoms with Gasteiger partial charge < -0.3 is 0 Å². The van der Waals surface area contributed by atoms with E-state index in [0.717, 1.165) is 15.5 Å². The highest BCUT2D eigenvalue weighted by atomic mass is 35.5. The van der Waals surface area contributed by atoms with Gasteiger partial charge in [-0.1, -0.05) is 54.1 Å². The number of rotatable bonds is 4. The predicted molar refractivity (Wildman–Crippen MR) is 107 cm³/mol. The van der Waals surface area contributed by atoms with Crippen molar-refractivity contribution in [3.8, 4) is 0 Å². The lowest BCUT2D eigenvalue weighted by atomic mass is 9.76. The molecule has 1 aliphatic heterocycles. The van der Waals surface area contributed by atoms with E-state index in [1.165, 1.54) is 11.0 Å². The Labute approximate surface area is 168 Å². The Morgan fingerprint density at radius 3 is 2.36 bits per heavy atom. The molecule has 2 heterocycles. The van der Waals surface area contributed by atoms with Gasteiger partial charge in [-0.2, -0.15) is 27.8 Å². The maximum Gasteiger partial charge on any atom is 0.300 e. The molecule has 0 spiro atoms. The summed E-state index contributed by atoms with van der Waals surface area (Å²) in [6.45, 7) is 2.15. The first-order chi connectivity index (χ1) is 13.3. The summed E-state index contributed by atoms with van der Waals surface area (Å²) in [4.78, 5) is 1.21. The SMILES string of the molecule is Cn1ncc(S(=O)(=O)N2CC(C)(c3ccccc3)C(c3ccc(Cl)cc3)=N2)n1. The third-order valence-corrected chi connectivity index (χ3v) is 6.57. The molecule has 0 radical (unpaired) electrons. The first-order valence-corrected chi connectivity index (χ1v) is 10.4. The molecule has 9 heteroatoms. The molecular formula is C19H18ClN5O2S. The molecule has 1 atom stereocenters. The summed E-state index contributed by atoms with van der Waals surface area (Å²) in [5.74, 6) is 0. The molecule has 28 heavy (non-hydrogen) atoms. The monoisotopic (exact) mass is 415 g/mol. The van der Waals surface area contributed by atoms with Crippen LogP contribution >= 0.6 is 11.6 Å². The van der Waals surface area contributed by atoms with Crippen LogP contribution in [0.2, 0.25) is 5.02 Å². The zero-order chi connectivity index (χ0) is 19.9. The third kappa shape index (κ3) is 3.08. The molecule has 1 aliphatic rings. The van der Waals surface area contributed by atoms with Gasteiger partial charge in [0.2, 0.25) is 5.03 Å². The molecule has 4 rings (SSSR count). The topological polar surface area (TPSA) is 80.5 Å². The highest BCUT2D eigenvalue weighted by Gasteiger charge is 2.45. The molecule has 0 N–H and O–H groups in total. The molecule has 2 aromatic carbocycles. The maximum absolute atomic E-state index is 13.1. The van der Waals surface area contributed by atoms with Gasteiger partial charge in [0.05, 0.1) is 23.9 Å². The van der Waals surface area contributed by atoms with E-state index < -0.39 is 15.4 Å². The summed E-state index contributed by atoms with van der Waals surface area (Å²) < 4.78 is 27.3. The molecule has 0 aliphatic carbocycles. The van der Waals surface area contributed by atoms with Crippen molar-refractivity contribution >= 4 is 27.3 Å². The van der Waals surface area contributed by atoms with E-state index in [1.807, 2.05) is 49.4 Å². The molecule has 0 fully saturated rings. The molecule has 0 saturated carbocycles. The number of sulfonamides is 1. The van der Waals surface area contributed by atoms with Crippen LogP contribution in [0.3, 0.4) is 0 Å². The maximum atomic E-state index is 13.1. The summed E-state index contributed by atoms with van der Waals surface area (Å²) in [6.07, 6.45) is 1.23. The fourth-order valence-corrected chi connectivity index (χ4v) is 4.67. The first-order valence-electron chi connectivity index (χ1n) is 8.60. The van der Waals surface area contributed by atoms with Crippen LogP contribution in [-0.4, -0.2) is 40.1 Å². The molecule has 0 amide bonds. The fraction of sp³-hybridized carbons (Fsp3) is 0.211. The van der Waals surface area contributed by atoms with E-state index in [-0.39, 0.29) is 11.6 Å². The van der Waals surface area contributed by atoms with Crippen LogP contribution in [0.4, 0.5) is 0 Å². The first kappa shape index (κ1) is 18.6. The average Bonchev–Trinajstić information content (AvgIpc) is 3.28. The highest BCUT2D eigenvalue weighted by molar-refractivity contribution is 7.89. The molecular weight excluding hydrogens is 398 g/mol. The minimum Gasteiger partial charge on any atom is -0.198 e. The van der Waals surface area contributed by atoms with Gasteiger partial charge >= 0.3 is 0 Å². The second-order valence-electron chi connectivity index (χ2n) is 6.81. The number of benzene rings is 2. The van der Waals surface area contributed by atoms with Crippen LogP contribution in [0.25, 0.3) is 0 Å². The molecule has 0 saturated heterocycles. The summed E-state index contributed by atoms with van der Waals surface area (Å²) in [5.41, 5.74) is 1.81. The molecule has 144 valence electrons. The average molecular weight is 416 g/mol. The highest BCUT2D eigenvalue weighted by Crippen LogP contribution is 2.37. The number of aryl methyl sites for hydroxylation is 1. The Balaban J connectivity index is 1.84. The molecule has 1 aromatic heterocycles. The van der Waals surface area contributed by atoms with Gasteiger partial charge in [-0.25, -0.2) is 0 Å². The van der Waals surface area contributed by atoms with E-state index in [0.29, 0.717) is 10.7 Å². The smallest absolute Gasteiger partial charge is 0.198 e. The van der Waals surface area contributed by atoms with Crippen molar-refractivity contribution in [1.29, 1.82) is 0 Å². The van der Waals surface area contributed by atoms with Gasteiger partial charge in [0.1, 0.15) is 0 Å². The Morgan fingerprint density at radius 2 is 1.75 bits per heavy atom. The number of hydrogen-bond acceptors (Lipinski definition) is 5. The van der Waals surface area contributed by atoms with Gasteiger partial charge in [-0.3, -0.25) is 0 Å². The standard InChI is InChI=1S/C19H18ClN5O2S/c1-19(15-6-4-3-5-7-15)13-25(28(26,27)17-12-21-24(2)22-17)23-18(19)14-8-10-16(20)11-9-14/h3-12H,13H2,1-2H3. The van der Waals surface area contributed by atoms with Crippen molar-refractivity contribution < 1.29 is 8.42 Å². The van der Waals surface area contributed by atoms with Gasteiger partial charge in [-0.05, 0) is 30.2 Å². The van der Waals surface area contributed by atoms with Crippen LogP contribution in [0.5, 0.6) is 0 Å². The number of halogens is 1. The second-order valence-corrected chi connectivity index (χ2v) is 9.04. The Morgan fingerprint density at radius 1 is 1.07 bits per heavy atom. The van der Waals surface area contributed by atoms with Crippen molar-refractivity contribution in [2.45, 2.75) is 17.4 Å². The summed E-state index contributed by atoms with van der Waals surface area (Å²) in [5, 5.41) is 12.8. The predicted octanol–water partition coefficient (Wildman–Crippen LogP) is 2.84. The molecule has 7 nitrogen and oxygen atoms in total. The van der Waals surface area contributed by atoms with Gasteiger partial charge in [0, 0.05) is 12.1 Å². The van der Waals surface area contributed by atoms with Crippen molar-refractivity contribution in [1.82, 2.24) is 19.4 Å². The van der Waals surface area contributed by atoms with Crippen LogP contribution in [0.15, 0.2) is 70.9 Å². The molecule has 1 unspecified atom stereocenters. The Kier molecular flexibility index (Phi) is 4.47. The second kappa shape index (κ2) is 6.72. The zero-order valence-electron chi connectivity index (χ0n) is 15.3. The van der Waals surface area contributed by atoms with Crippen LogP contribution in [-0.2, 0) is 22.5 Å². The van der Waals surface area contributed by atoms with E-state index >= 15 is 0 Å². The van der Waals surface area contributed by atoms with Crippen molar-refractivity contribution in [2.24, 2.45) is 12.1 Å². The largest absolute Gasteiger partial charge is 0.300 e. The quantitative estimate of drug-likeness (QED) is 0.656. The summed E-state index contributed by atoms with van der Waals surface area (Å²) in [6, 6.07) is 17.0. The van der Waals surface area contributed by atoms with E-state index in [9.17, 15) is 8.42 Å². The van der Waals surface area contributed by atoms with Gasteiger partial charge in [0.25, 0.3) is 10.0 Å². The molecule has 0 bridgehead atoms. The Bertz CT molecular complexity index is 1140. The lowest BCUT2D eigenvalue weighted by molar-refractivity contribution is 0.415. The van der Waals surface area contributed by atoms with Crippen LogP contribution in [0.1, 0.15) is 18.1 Å².